The zero-order valence-electron chi connectivity index (χ0n) is 17.9. The molecule has 3 rings (SSSR count). The molecule has 1 aromatic carbocycles. The molecule has 1 aromatic rings. The van der Waals surface area contributed by atoms with E-state index in [9.17, 15) is 17.6 Å². The van der Waals surface area contributed by atoms with Gasteiger partial charge in [0.1, 0.15) is 0 Å². The van der Waals surface area contributed by atoms with Gasteiger partial charge in [-0.3, -0.25) is 0 Å². The lowest BCUT2D eigenvalue weighted by atomic mass is 9.74. The maximum atomic E-state index is 14.0. The molecule has 0 radical (unpaired) electrons. The molecule has 2 fully saturated rings. The fourth-order valence-electron chi connectivity index (χ4n) is 5.27. The predicted molar refractivity (Wildman–Crippen MR) is 112 cm³/mol. The normalized spacial score (nSPS) is 27.7. The number of hydrogen-bond donors (Lipinski definition) is 0. The maximum Gasteiger partial charge on any atom is 0.387 e. The molecule has 2 aliphatic carbocycles. The minimum atomic E-state index is -3.24. The molecule has 2 saturated carbocycles. The smallest absolute Gasteiger partial charge is 0.387 e. The number of rotatable bonds is 8. The van der Waals surface area contributed by atoms with Gasteiger partial charge in [0, 0.05) is 0 Å². The Bertz CT molecular complexity index is 663. The summed E-state index contributed by atoms with van der Waals surface area (Å²) in [5.41, 5.74) is 0.559. The van der Waals surface area contributed by atoms with E-state index in [1.807, 2.05) is 0 Å². The molecule has 0 spiro atoms. The van der Waals surface area contributed by atoms with Crippen LogP contribution in [0.2, 0.25) is 0 Å². The molecule has 0 heterocycles. The third-order valence-electron chi connectivity index (χ3n) is 7.06. The lowest BCUT2D eigenvalue weighted by Crippen LogP contribution is -2.17. The molecule has 0 N–H and O–H groups in total. The van der Waals surface area contributed by atoms with Crippen molar-refractivity contribution >= 4 is 0 Å². The van der Waals surface area contributed by atoms with Crippen LogP contribution in [-0.2, 0) is 0 Å². The number of ether oxygens (including phenoxy) is 1. The molecule has 0 aromatic heterocycles. The number of alkyl halides is 2. The topological polar surface area (TPSA) is 9.23 Å². The molecule has 0 amide bonds. The van der Waals surface area contributed by atoms with E-state index >= 15 is 0 Å². The van der Waals surface area contributed by atoms with Crippen molar-refractivity contribution in [3.63, 3.8) is 0 Å². The lowest BCUT2D eigenvalue weighted by Gasteiger charge is -2.31. The molecule has 0 saturated heterocycles. The van der Waals surface area contributed by atoms with Crippen LogP contribution < -0.4 is 4.74 Å². The van der Waals surface area contributed by atoms with Gasteiger partial charge < -0.3 is 4.74 Å². The molecule has 0 bridgehead atoms. The van der Waals surface area contributed by atoms with Gasteiger partial charge in [0.15, 0.2) is 17.4 Å². The van der Waals surface area contributed by atoms with Crippen LogP contribution in [0.3, 0.4) is 0 Å². The Kier molecular flexibility index (Phi) is 8.64. The van der Waals surface area contributed by atoms with Crippen LogP contribution in [0, 0.1) is 29.4 Å². The van der Waals surface area contributed by atoms with Gasteiger partial charge in [-0.25, -0.2) is 8.78 Å². The van der Waals surface area contributed by atoms with Crippen LogP contribution >= 0.6 is 0 Å². The zero-order chi connectivity index (χ0) is 21.5. The highest BCUT2D eigenvalue weighted by Crippen LogP contribution is 2.41. The minimum absolute atomic E-state index is 0.0895. The SMILES string of the molecule is CCC=CC1CCC(CCC2CCC(c3cc(F)c(OC(F)F)c(F)c3)CC2)CC1. The summed E-state index contributed by atoms with van der Waals surface area (Å²) in [4.78, 5) is 0. The Hall–Kier alpha value is -1.52. The fraction of sp³-hybridized carbons (Fsp3) is 0.680. The lowest BCUT2D eigenvalue weighted by molar-refractivity contribution is -0.0546. The molecule has 1 nitrogen and oxygen atoms in total. The van der Waals surface area contributed by atoms with Gasteiger partial charge in [-0.15, -0.1) is 0 Å². The van der Waals surface area contributed by atoms with E-state index < -0.39 is 24.0 Å². The molecule has 2 aliphatic rings. The van der Waals surface area contributed by atoms with Crippen molar-refractivity contribution < 1.29 is 22.3 Å². The van der Waals surface area contributed by atoms with E-state index in [1.165, 1.54) is 38.5 Å². The molecule has 0 aliphatic heterocycles. The van der Waals surface area contributed by atoms with Gasteiger partial charge in [-0.1, -0.05) is 31.9 Å². The van der Waals surface area contributed by atoms with Gasteiger partial charge in [-0.2, -0.15) is 8.78 Å². The van der Waals surface area contributed by atoms with E-state index in [-0.39, 0.29) is 5.92 Å². The van der Waals surface area contributed by atoms with Crippen molar-refractivity contribution in [2.75, 3.05) is 0 Å². The Labute approximate surface area is 177 Å². The minimum Gasteiger partial charge on any atom is -0.429 e. The Morgan fingerprint density at radius 1 is 0.900 bits per heavy atom. The van der Waals surface area contributed by atoms with Crippen LogP contribution in [0.25, 0.3) is 0 Å². The second-order valence-corrected chi connectivity index (χ2v) is 9.10. The van der Waals surface area contributed by atoms with Crippen molar-refractivity contribution in [1.29, 1.82) is 0 Å². The highest BCUT2D eigenvalue weighted by molar-refractivity contribution is 5.33. The van der Waals surface area contributed by atoms with Crippen molar-refractivity contribution in [1.82, 2.24) is 0 Å². The molecular weight excluding hydrogens is 392 g/mol. The standard InChI is InChI=1S/C25H34F4O/c1-2-3-4-17-5-7-18(8-6-17)9-10-19-11-13-20(14-12-19)21-15-22(26)24(23(27)16-21)30-25(28)29/h3-4,15-20,25H,2,5-14H2,1H3. The first kappa shape index (κ1) is 23.1. The van der Waals surface area contributed by atoms with Crippen molar-refractivity contribution in [3.05, 3.63) is 41.5 Å². The first-order valence-corrected chi connectivity index (χ1v) is 11.6. The van der Waals surface area contributed by atoms with E-state index in [0.717, 1.165) is 56.1 Å². The van der Waals surface area contributed by atoms with E-state index in [2.05, 4.69) is 23.8 Å². The Morgan fingerprint density at radius 3 is 1.93 bits per heavy atom. The first-order chi connectivity index (χ1) is 14.5. The van der Waals surface area contributed by atoms with Crippen molar-refractivity contribution in [2.24, 2.45) is 17.8 Å². The summed E-state index contributed by atoms with van der Waals surface area (Å²) in [5, 5.41) is 0. The third-order valence-corrected chi connectivity index (χ3v) is 7.06. The molecular formula is C25H34F4O. The van der Waals surface area contributed by atoms with Crippen LogP contribution in [-0.4, -0.2) is 6.61 Å². The van der Waals surface area contributed by atoms with Gasteiger partial charge >= 0.3 is 6.61 Å². The third kappa shape index (κ3) is 6.49. The monoisotopic (exact) mass is 426 g/mol. The predicted octanol–water partition coefficient (Wildman–Crippen LogP) is 8.39. The summed E-state index contributed by atoms with van der Waals surface area (Å²) in [7, 11) is 0. The summed E-state index contributed by atoms with van der Waals surface area (Å²) in [5.74, 6) is -0.674. The second kappa shape index (κ2) is 11.2. The molecule has 30 heavy (non-hydrogen) atoms. The fourth-order valence-corrected chi connectivity index (χ4v) is 5.27. The summed E-state index contributed by atoms with van der Waals surface area (Å²) in [6.45, 7) is -1.06. The largest absolute Gasteiger partial charge is 0.429 e. The highest BCUT2D eigenvalue weighted by Gasteiger charge is 2.26. The van der Waals surface area contributed by atoms with Crippen molar-refractivity contribution in [2.45, 2.75) is 90.1 Å². The van der Waals surface area contributed by atoms with Crippen LogP contribution in [0.5, 0.6) is 5.75 Å². The number of allylic oxidation sites excluding steroid dienone is 2. The number of hydrogen-bond acceptors (Lipinski definition) is 1. The summed E-state index contributed by atoms with van der Waals surface area (Å²) in [6, 6.07) is 2.33. The van der Waals surface area contributed by atoms with Crippen molar-refractivity contribution in [3.8, 4) is 5.75 Å². The summed E-state index contributed by atoms with van der Waals surface area (Å²) < 4.78 is 56.6. The van der Waals surface area contributed by atoms with E-state index in [4.69, 9.17) is 0 Å². The molecule has 5 heteroatoms. The van der Waals surface area contributed by atoms with Crippen LogP contribution in [0.15, 0.2) is 24.3 Å². The number of halogens is 4. The summed E-state index contributed by atoms with van der Waals surface area (Å²) >= 11 is 0. The molecule has 168 valence electrons. The quantitative estimate of drug-likeness (QED) is 0.299. The maximum absolute atomic E-state index is 14.0. The number of benzene rings is 1. The van der Waals surface area contributed by atoms with Gasteiger partial charge in [0.2, 0.25) is 0 Å². The summed E-state index contributed by atoms with van der Waals surface area (Å²) in [6.07, 6.45) is 17.6. The van der Waals surface area contributed by atoms with Gasteiger partial charge in [0.25, 0.3) is 0 Å². The Balaban J connectivity index is 1.43. The van der Waals surface area contributed by atoms with Crippen LogP contribution in [0.1, 0.15) is 89.0 Å². The average Bonchev–Trinajstić information content (AvgIpc) is 2.74. The van der Waals surface area contributed by atoms with E-state index in [0.29, 0.717) is 11.5 Å². The second-order valence-electron chi connectivity index (χ2n) is 9.10. The Morgan fingerprint density at radius 2 is 1.43 bits per heavy atom. The zero-order valence-corrected chi connectivity index (χ0v) is 17.9. The molecule has 0 unspecified atom stereocenters. The highest BCUT2D eigenvalue weighted by atomic mass is 19.3. The first-order valence-electron chi connectivity index (χ1n) is 11.6. The van der Waals surface area contributed by atoms with Gasteiger partial charge in [-0.05, 0) is 99.2 Å². The average molecular weight is 427 g/mol. The van der Waals surface area contributed by atoms with E-state index in [1.54, 1.807) is 0 Å². The van der Waals surface area contributed by atoms with Crippen LogP contribution in [0.4, 0.5) is 17.6 Å². The van der Waals surface area contributed by atoms with Gasteiger partial charge in [0.05, 0.1) is 0 Å². The molecule has 0 atom stereocenters.